The number of epoxide rings is 1. The summed E-state index contributed by atoms with van der Waals surface area (Å²) in [5.74, 6) is -0.602. The van der Waals surface area contributed by atoms with Gasteiger partial charge in [-0.3, -0.25) is 0 Å². The molecule has 0 spiro atoms. The third kappa shape index (κ3) is 6.95. The van der Waals surface area contributed by atoms with Crippen LogP contribution in [0, 0.1) is 5.92 Å². The maximum absolute atomic E-state index is 5.60. The molecular weight excluding hydrogens is 280 g/mol. The predicted octanol–water partition coefficient (Wildman–Crippen LogP) is 4.52. The standard InChI is InChI=1S/C18H36O4/c1-5-6-7-8-9-12-16(18(19-2,20-3)21-4)13-10-11-14-17-15-22-17/h16-17H,5-15H2,1-4H3. The first kappa shape index (κ1) is 19.9. The Balaban J connectivity index is 2.38. The highest BCUT2D eigenvalue weighted by molar-refractivity contribution is 4.73. The molecule has 2 unspecified atom stereocenters. The number of ether oxygens (including phenoxy) is 4. The first-order valence-electron chi connectivity index (χ1n) is 8.99. The highest BCUT2D eigenvalue weighted by Crippen LogP contribution is 2.33. The fourth-order valence-corrected chi connectivity index (χ4v) is 3.24. The van der Waals surface area contributed by atoms with Gasteiger partial charge in [-0.05, 0) is 19.3 Å². The van der Waals surface area contributed by atoms with Crippen LogP contribution in [-0.4, -0.2) is 40.0 Å². The molecule has 1 saturated heterocycles. The van der Waals surface area contributed by atoms with Crippen molar-refractivity contribution in [1.29, 1.82) is 0 Å². The number of hydrogen-bond donors (Lipinski definition) is 0. The highest BCUT2D eigenvalue weighted by Gasteiger charge is 2.39. The van der Waals surface area contributed by atoms with Crippen LogP contribution in [0.2, 0.25) is 0 Å². The van der Waals surface area contributed by atoms with Crippen molar-refractivity contribution in [3.05, 3.63) is 0 Å². The van der Waals surface area contributed by atoms with Gasteiger partial charge in [0.15, 0.2) is 0 Å². The molecule has 0 aliphatic carbocycles. The van der Waals surface area contributed by atoms with Crippen LogP contribution < -0.4 is 0 Å². The lowest BCUT2D eigenvalue weighted by Crippen LogP contribution is -2.44. The van der Waals surface area contributed by atoms with E-state index >= 15 is 0 Å². The molecule has 1 heterocycles. The van der Waals surface area contributed by atoms with Crippen LogP contribution in [0.15, 0.2) is 0 Å². The second kappa shape index (κ2) is 11.4. The molecule has 0 saturated carbocycles. The Hall–Kier alpha value is -0.160. The van der Waals surface area contributed by atoms with Crippen LogP contribution in [0.5, 0.6) is 0 Å². The van der Waals surface area contributed by atoms with E-state index in [9.17, 15) is 0 Å². The van der Waals surface area contributed by atoms with Gasteiger partial charge >= 0.3 is 0 Å². The van der Waals surface area contributed by atoms with Crippen molar-refractivity contribution in [3.63, 3.8) is 0 Å². The molecule has 132 valence electrons. The van der Waals surface area contributed by atoms with Crippen LogP contribution in [-0.2, 0) is 18.9 Å². The van der Waals surface area contributed by atoms with E-state index in [4.69, 9.17) is 18.9 Å². The fourth-order valence-electron chi connectivity index (χ4n) is 3.24. The van der Waals surface area contributed by atoms with E-state index in [-0.39, 0.29) is 5.92 Å². The minimum absolute atomic E-state index is 0.286. The van der Waals surface area contributed by atoms with Gasteiger partial charge in [0.05, 0.1) is 12.7 Å². The van der Waals surface area contributed by atoms with Crippen molar-refractivity contribution in [3.8, 4) is 0 Å². The SMILES string of the molecule is CCCCCCCC(CCCCC1CO1)C(OC)(OC)OC. The van der Waals surface area contributed by atoms with Crippen molar-refractivity contribution in [2.45, 2.75) is 83.2 Å². The predicted molar refractivity (Wildman–Crippen MR) is 88.8 cm³/mol. The Morgan fingerprint density at radius 3 is 1.95 bits per heavy atom. The quantitative estimate of drug-likeness (QED) is 0.253. The van der Waals surface area contributed by atoms with Crippen LogP contribution >= 0.6 is 0 Å². The highest BCUT2D eigenvalue weighted by atomic mass is 16.9. The van der Waals surface area contributed by atoms with E-state index in [2.05, 4.69) is 6.92 Å². The Bertz CT molecular complexity index is 254. The molecule has 0 aromatic carbocycles. The molecule has 1 aliphatic rings. The topological polar surface area (TPSA) is 40.2 Å². The van der Waals surface area contributed by atoms with Gasteiger partial charge in [-0.15, -0.1) is 0 Å². The van der Waals surface area contributed by atoms with Crippen LogP contribution in [0.3, 0.4) is 0 Å². The van der Waals surface area contributed by atoms with Crippen LogP contribution in [0.1, 0.15) is 71.1 Å². The van der Waals surface area contributed by atoms with Crippen LogP contribution in [0.25, 0.3) is 0 Å². The molecular formula is C18H36O4. The number of methoxy groups -OCH3 is 3. The molecule has 1 fully saturated rings. The van der Waals surface area contributed by atoms with Gasteiger partial charge < -0.3 is 18.9 Å². The lowest BCUT2D eigenvalue weighted by Gasteiger charge is -2.36. The maximum atomic E-state index is 5.60. The summed E-state index contributed by atoms with van der Waals surface area (Å²) in [4.78, 5) is 0. The van der Waals surface area contributed by atoms with E-state index in [0.29, 0.717) is 6.10 Å². The summed E-state index contributed by atoms with van der Waals surface area (Å²) >= 11 is 0. The van der Waals surface area contributed by atoms with Gasteiger partial charge in [0, 0.05) is 27.2 Å². The van der Waals surface area contributed by atoms with Crippen molar-refractivity contribution in [2.24, 2.45) is 5.92 Å². The second-order valence-electron chi connectivity index (χ2n) is 6.36. The molecule has 22 heavy (non-hydrogen) atoms. The molecule has 0 radical (unpaired) electrons. The lowest BCUT2D eigenvalue weighted by atomic mass is 9.92. The molecule has 0 amide bonds. The molecule has 0 N–H and O–H groups in total. The summed E-state index contributed by atoms with van der Waals surface area (Å²) < 4.78 is 22.1. The van der Waals surface area contributed by atoms with Gasteiger partial charge in [-0.2, -0.15) is 0 Å². The zero-order valence-electron chi connectivity index (χ0n) is 15.1. The van der Waals surface area contributed by atoms with E-state index in [0.717, 1.165) is 19.4 Å². The summed E-state index contributed by atoms with van der Waals surface area (Å²) in [5, 5.41) is 0. The molecule has 2 atom stereocenters. The van der Waals surface area contributed by atoms with Gasteiger partial charge in [-0.25, -0.2) is 0 Å². The average Bonchev–Trinajstić information content (AvgIpc) is 3.36. The fraction of sp³-hybridized carbons (Fsp3) is 1.00. The third-order valence-electron chi connectivity index (χ3n) is 4.74. The Labute approximate surface area is 136 Å². The van der Waals surface area contributed by atoms with Gasteiger partial charge in [0.2, 0.25) is 0 Å². The summed E-state index contributed by atoms with van der Waals surface area (Å²) in [5.41, 5.74) is 0. The Kier molecular flexibility index (Phi) is 10.3. The number of rotatable bonds is 15. The van der Waals surface area contributed by atoms with Crippen molar-refractivity contribution in [1.82, 2.24) is 0 Å². The zero-order chi connectivity index (χ0) is 16.3. The molecule has 1 aliphatic heterocycles. The summed E-state index contributed by atoms with van der Waals surface area (Å²) in [7, 11) is 5.03. The zero-order valence-corrected chi connectivity index (χ0v) is 15.1. The third-order valence-corrected chi connectivity index (χ3v) is 4.74. The summed E-state index contributed by atoms with van der Waals surface area (Å²) in [6.07, 6.45) is 12.7. The monoisotopic (exact) mass is 316 g/mol. The summed E-state index contributed by atoms with van der Waals surface area (Å²) in [6.45, 7) is 3.21. The second-order valence-corrected chi connectivity index (χ2v) is 6.36. The van der Waals surface area contributed by atoms with Crippen molar-refractivity contribution >= 4 is 0 Å². The van der Waals surface area contributed by atoms with Gasteiger partial charge in [0.1, 0.15) is 0 Å². The molecule has 1 rings (SSSR count). The molecule has 0 aromatic heterocycles. The number of unbranched alkanes of at least 4 members (excludes halogenated alkanes) is 5. The van der Waals surface area contributed by atoms with E-state index < -0.39 is 5.97 Å². The van der Waals surface area contributed by atoms with Crippen molar-refractivity contribution in [2.75, 3.05) is 27.9 Å². The summed E-state index contributed by atoms with van der Waals surface area (Å²) in [6, 6.07) is 0. The number of hydrogen-bond acceptors (Lipinski definition) is 4. The lowest BCUT2D eigenvalue weighted by molar-refractivity contribution is -0.380. The molecule has 4 nitrogen and oxygen atoms in total. The molecule has 0 aromatic rings. The van der Waals surface area contributed by atoms with E-state index in [1.807, 2.05) is 0 Å². The van der Waals surface area contributed by atoms with Gasteiger partial charge in [0.25, 0.3) is 5.97 Å². The average molecular weight is 316 g/mol. The normalized spacial score (nSPS) is 19.4. The first-order chi connectivity index (χ1) is 10.7. The van der Waals surface area contributed by atoms with E-state index in [1.54, 1.807) is 21.3 Å². The largest absolute Gasteiger partial charge is 0.373 e. The Morgan fingerprint density at radius 2 is 1.45 bits per heavy atom. The molecule has 4 heteroatoms. The van der Waals surface area contributed by atoms with Gasteiger partial charge in [-0.1, -0.05) is 51.9 Å². The van der Waals surface area contributed by atoms with Crippen LogP contribution in [0.4, 0.5) is 0 Å². The first-order valence-corrected chi connectivity index (χ1v) is 8.99. The minimum atomic E-state index is -0.888. The minimum Gasteiger partial charge on any atom is -0.373 e. The van der Waals surface area contributed by atoms with Crippen molar-refractivity contribution < 1.29 is 18.9 Å². The smallest absolute Gasteiger partial charge is 0.285 e. The Morgan fingerprint density at radius 1 is 0.909 bits per heavy atom. The van der Waals surface area contributed by atoms with E-state index in [1.165, 1.54) is 51.4 Å². The maximum Gasteiger partial charge on any atom is 0.285 e. The molecule has 0 bridgehead atoms.